The number of ether oxygens (including phenoxy) is 1. The number of para-hydroxylation sites is 3. The van der Waals surface area contributed by atoms with Crippen LogP contribution in [0.1, 0.15) is 52.7 Å². The van der Waals surface area contributed by atoms with Gasteiger partial charge in [-0.15, -0.1) is 48.1 Å². The Morgan fingerprint density at radius 2 is 1.22 bits per heavy atom. The van der Waals surface area contributed by atoms with Gasteiger partial charge in [-0.3, -0.25) is 0 Å². The first-order valence-corrected chi connectivity index (χ1v) is 16.7. The van der Waals surface area contributed by atoms with Gasteiger partial charge in [0.2, 0.25) is 0 Å². The Bertz CT molecular complexity index is 2350. The van der Waals surface area contributed by atoms with E-state index in [0.717, 1.165) is 50.5 Å². The van der Waals surface area contributed by atoms with Gasteiger partial charge in [-0.2, -0.15) is 12.1 Å². The van der Waals surface area contributed by atoms with E-state index in [1.54, 1.807) is 0 Å². The molecule has 4 heterocycles. The molecule has 8 rings (SSSR count). The molecule has 254 valence electrons. The first-order valence-electron chi connectivity index (χ1n) is 16.7. The van der Waals surface area contributed by atoms with Gasteiger partial charge in [0.05, 0.1) is 0 Å². The first-order chi connectivity index (χ1) is 23.5. The number of hydrogen-bond acceptors (Lipinski definition) is 5. The zero-order valence-electron chi connectivity index (χ0n) is 29.0. The Morgan fingerprint density at radius 3 is 1.94 bits per heavy atom. The van der Waals surface area contributed by atoms with Crippen LogP contribution in [-0.4, -0.2) is 14.5 Å². The Balaban J connectivity index is 0.00000392. The Labute approximate surface area is 308 Å². The minimum absolute atomic E-state index is 0. The molecule has 3 aromatic heterocycles. The zero-order valence-corrected chi connectivity index (χ0v) is 31.3. The number of rotatable bonds is 5. The van der Waals surface area contributed by atoms with Gasteiger partial charge in [0.15, 0.2) is 0 Å². The molecule has 0 fully saturated rings. The molecule has 1 aliphatic rings. The normalized spacial score (nSPS) is 13.1. The average Bonchev–Trinajstić information content (AvgIpc) is 3.64. The summed E-state index contributed by atoms with van der Waals surface area (Å²) in [6.45, 7) is 15.4. The fourth-order valence-corrected chi connectivity index (χ4v) is 6.44. The van der Waals surface area contributed by atoms with Crippen LogP contribution in [0.15, 0.2) is 116 Å². The van der Waals surface area contributed by atoms with Crippen molar-refractivity contribution in [3.8, 4) is 17.3 Å². The van der Waals surface area contributed by atoms with E-state index in [1.807, 2.05) is 36.7 Å². The minimum Gasteiger partial charge on any atom is -0.509 e. The Kier molecular flexibility index (Phi) is 8.56. The summed E-state index contributed by atoms with van der Waals surface area (Å²) >= 11 is 0. The third-order valence-corrected chi connectivity index (χ3v) is 9.12. The summed E-state index contributed by atoms with van der Waals surface area (Å²) in [6, 6.07) is 42.4. The summed E-state index contributed by atoms with van der Waals surface area (Å²) in [5, 5.41) is 2.24. The van der Waals surface area contributed by atoms with Crippen molar-refractivity contribution >= 4 is 44.7 Å². The number of fused-ring (bicyclic) bond motifs is 4. The van der Waals surface area contributed by atoms with Gasteiger partial charge in [0, 0.05) is 61.8 Å². The maximum atomic E-state index is 6.49. The van der Waals surface area contributed by atoms with Gasteiger partial charge >= 0.3 is 0 Å². The zero-order chi connectivity index (χ0) is 33.9. The van der Waals surface area contributed by atoms with Gasteiger partial charge in [-0.1, -0.05) is 77.4 Å². The Morgan fingerprint density at radius 1 is 0.600 bits per heavy atom. The van der Waals surface area contributed by atoms with Crippen LogP contribution >= 0.6 is 0 Å². The second-order valence-corrected chi connectivity index (χ2v) is 14.6. The third kappa shape index (κ3) is 6.07. The van der Waals surface area contributed by atoms with E-state index < -0.39 is 0 Å². The fourth-order valence-electron chi connectivity index (χ4n) is 6.44. The van der Waals surface area contributed by atoms with E-state index in [2.05, 4.69) is 154 Å². The predicted octanol–water partition coefficient (Wildman–Crippen LogP) is 11.0. The van der Waals surface area contributed by atoms with Crippen LogP contribution in [-0.2, 0) is 31.9 Å². The molecule has 4 aromatic carbocycles. The summed E-state index contributed by atoms with van der Waals surface area (Å²) in [5.74, 6) is 2.93. The smallest absolute Gasteiger partial charge is 0.135 e. The van der Waals surface area contributed by atoms with Crippen molar-refractivity contribution in [3.05, 3.63) is 145 Å². The SMILES string of the molecule is CC(C)(C)c1ccnc(N2[CH-]N(c3[c-]c(Oc4[c-]c5c(cc4)c4ccccc4n5-c4cc(C(C)(C)C)ccn4)ccc3)c3ccccc32)c1.[Pt]. The maximum Gasteiger partial charge on any atom is 0.135 e. The molecule has 7 heteroatoms. The van der Waals surface area contributed by atoms with E-state index >= 15 is 0 Å². The molecular formula is C43H38N5OPt-3. The van der Waals surface area contributed by atoms with Gasteiger partial charge < -0.3 is 19.1 Å². The summed E-state index contributed by atoms with van der Waals surface area (Å²) in [4.78, 5) is 13.8. The van der Waals surface area contributed by atoms with E-state index in [4.69, 9.17) is 14.7 Å². The van der Waals surface area contributed by atoms with E-state index in [0.29, 0.717) is 11.5 Å². The number of anilines is 4. The minimum atomic E-state index is -0.00736. The van der Waals surface area contributed by atoms with E-state index in [9.17, 15) is 0 Å². The number of nitrogens with zero attached hydrogens (tertiary/aromatic N) is 5. The molecule has 0 saturated heterocycles. The standard InChI is InChI=1S/C43H38N5O.Pt/c1-42(2,3)29-20-22-44-40(24-29)47-28-46(37-16-9-10-17-38(37)47)31-12-11-13-32(26-31)49-33-18-19-35-34-14-7-8-15-36(34)48(39(35)27-33)41-25-30(21-23-45-41)43(4,5)6;/h7-25,28H,1-6H3;/q-3;. The molecule has 7 aromatic rings. The molecule has 0 spiro atoms. The molecule has 50 heavy (non-hydrogen) atoms. The van der Waals surface area contributed by atoms with Crippen LogP contribution < -0.4 is 14.5 Å². The second kappa shape index (κ2) is 12.8. The molecule has 0 bridgehead atoms. The van der Waals surface area contributed by atoms with E-state index in [-0.39, 0.29) is 31.9 Å². The van der Waals surface area contributed by atoms with Gasteiger partial charge in [-0.25, -0.2) is 9.97 Å². The van der Waals surface area contributed by atoms with Crippen LogP contribution in [0, 0.1) is 18.8 Å². The second-order valence-electron chi connectivity index (χ2n) is 14.6. The Hall–Kier alpha value is -4.93. The maximum absolute atomic E-state index is 6.49. The largest absolute Gasteiger partial charge is 0.509 e. The van der Waals surface area contributed by atoms with Crippen molar-refractivity contribution < 1.29 is 25.8 Å². The molecule has 0 saturated carbocycles. The fraction of sp³-hybridized carbons (Fsp3) is 0.186. The average molecular weight is 836 g/mol. The molecule has 0 amide bonds. The van der Waals surface area contributed by atoms with Gasteiger partial charge in [0.25, 0.3) is 0 Å². The molecule has 0 radical (unpaired) electrons. The predicted molar refractivity (Wildman–Crippen MR) is 199 cm³/mol. The van der Waals surface area contributed by atoms with Crippen LogP contribution in [0.25, 0.3) is 27.6 Å². The van der Waals surface area contributed by atoms with Crippen molar-refractivity contribution in [2.24, 2.45) is 0 Å². The third-order valence-electron chi connectivity index (χ3n) is 9.12. The number of benzene rings is 4. The molecule has 1 aliphatic heterocycles. The molecule has 0 unspecified atom stereocenters. The molecular weight excluding hydrogens is 798 g/mol. The number of pyridine rings is 2. The van der Waals surface area contributed by atoms with E-state index in [1.165, 1.54) is 11.1 Å². The monoisotopic (exact) mass is 835 g/mol. The number of hydrogen-bond donors (Lipinski definition) is 0. The summed E-state index contributed by atoms with van der Waals surface area (Å²) < 4.78 is 8.67. The van der Waals surface area contributed by atoms with Crippen molar-refractivity contribution in [1.29, 1.82) is 0 Å². The molecule has 0 aliphatic carbocycles. The number of aromatic nitrogens is 3. The molecule has 0 atom stereocenters. The summed E-state index contributed by atoms with van der Waals surface area (Å²) in [5.41, 5.74) is 7.40. The summed E-state index contributed by atoms with van der Waals surface area (Å²) in [7, 11) is 0. The van der Waals surface area contributed by atoms with Gasteiger partial charge in [0.1, 0.15) is 11.6 Å². The van der Waals surface area contributed by atoms with Crippen LogP contribution in [0.5, 0.6) is 11.5 Å². The van der Waals surface area contributed by atoms with Crippen molar-refractivity contribution in [2.45, 2.75) is 52.4 Å². The van der Waals surface area contributed by atoms with Crippen molar-refractivity contribution in [3.63, 3.8) is 0 Å². The topological polar surface area (TPSA) is 46.4 Å². The summed E-state index contributed by atoms with van der Waals surface area (Å²) in [6.07, 6.45) is 3.78. The molecule has 6 nitrogen and oxygen atoms in total. The van der Waals surface area contributed by atoms with Crippen LogP contribution in [0.2, 0.25) is 0 Å². The van der Waals surface area contributed by atoms with Crippen molar-refractivity contribution in [1.82, 2.24) is 14.5 Å². The van der Waals surface area contributed by atoms with Gasteiger partial charge in [-0.05, 0) is 69.8 Å². The van der Waals surface area contributed by atoms with Crippen molar-refractivity contribution in [2.75, 3.05) is 9.80 Å². The quantitative estimate of drug-likeness (QED) is 0.162. The molecule has 0 N–H and O–H groups in total. The van der Waals surface area contributed by atoms with Crippen LogP contribution in [0.3, 0.4) is 0 Å². The van der Waals surface area contributed by atoms with Crippen LogP contribution in [0.4, 0.5) is 22.9 Å². The first kappa shape index (κ1) is 33.6.